The highest BCUT2D eigenvalue weighted by Gasteiger charge is 2.29. The van der Waals surface area contributed by atoms with Crippen LogP contribution in [0.4, 0.5) is 10.3 Å². The number of nitrogens with zero attached hydrogens (tertiary/aromatic N) is 5. The predicted octanol–water partition coefficient (Wildman–Crippen LogP) is 4.30. The summed E-state index contributed by atoms with van der Waals surface area (Å²) in [6.45, 7) is 7.88. The lowest BCUT2D eigenvalue weighted by molar-refractivity contribution is -0.152. The van der Waals surface area contributed by atoms with Gasteiger partial charge in [-0.05, 0) is 58.0 Å². The second-order valence-electron chi connectivity index (χ2n) is 8.25. The monoisotopic (exact) mass is 448 g/mol. The quantitative estimate of drug-likeness (QED) is 0.421. The minimum atomic E-state index is -0.749. The highest BCUT2D eigenvalue weighted by atomic mass is 19.1. The molecule has 0 unspecified atom stereocenters. The molecule has 4 rings (SSSR count). The minimum absolute atomic E-state index is 0.294. The molecular formula is C24H25FN6O2. The van der Waals surface area contributed by atoms with Crippen LogP contribution in [0.3, 0.4) is 0 Å². The minimum Gasteiger partial charge on any atom is -0.466 e. The molecule has 0 spiro atoms. The zero-order valence-electron chi connectivity index (χ0n) is 19.0. The van der Waals surface area contributed by atoms with E-state index in [0.717, 1.165) is 17.0 Å². The van der Waals surface area contributed by atoms with Gasteiger partial charge in [0.2, 0.25) is 5.95 Å². The maximum Gasteiger partial charge on any atom is 0.313 e. The van der Waals surface area contributed by atoms with Gasteiger partial charge >= 0.3 is 5.97 Å². The Morgan fingerprint density at radius 3 is 2.61 bits per heavy atom. The molecule has 3 aromatic heterocycles. The van der Waals surface area contributed by atoms with Crippen LogP contribution in [0.5, 0.6) is 0 Å². The van der Waals surface area contributed by atoms with E-state index < -0.39 is 5.41 Å². The molecule has 0 saturated heterocycles. The molecule has 9 heteroatoms. The summed E-state index contributed by atoms with van der Waals surface area (Å²) in [7, 11) is 0. The Balaban J connectivity index is 1.75. The molecule has 8 nitrogen and oxygen atoms in total. The van der Waals surface area contributed by atoms with Crippen molar-refractivity contribution in [3.05, 3.63) is 60.4 Å². The van der Waals surface area contributed by atoms with Gasteiger partial charge in [0.25, 0.3) is 0 Å². The van der Waals surface area contributed by atoms with Crippen LogP contribution >= 0.6 is 0 Å². The van der Waals surface area contributed by atoms with Crippen molar-refractivity contribution in [2.75, 3.05) is 18.5 Å². The number of nitrogens with one attached hydrogen (secondary N) is 1. The molecule has 4 aromatic rings. The molecule has 0 fully saturated rings. The maximum absolute atomic E-state index is 13.5. The summed E-state index contributed by atoms with van der Waals surface area (Å²) >= 11 is 0. The van der Waals surface area contributed by atoms with Gasteiger partial charge in [-0.1, -0.05) is 0 Å². The van der Waals surface area contributed by atoms with Gasteiger partial charge in [0.05, 0.1) is 34.8 Å². The van der Waals surface area contributed by atoms with E-state index in [-0.39, 0.29) is 11.8 Å². The van der Waals surface area contributed by atoms with Gasteiger partial charge in [-0.3, -0.25) is 14.2 Å². The molecule has 0 aliphatic rings. The molecule has 0 radical (unpaired) electrons. The number of fused-ring (bicyclic) bond motifs is 1. The van der Waals surface area contributed by atoms with E-state index in [0.29, 0.717) is 36.1 Å². The standard InChI is InChI=1S/C24H25FN6O2/c1-5-33-22(32)24(3,4)14-28-23-27-11-10-18(29-23)20-19(16-6-8-17(25)9-7-16)30-21-15(2)26-12-13-31(20)21/h6-13H,5,14H2,1-4H3,(H,27,28,29). The van der Waals surface area contributed by atoms with Crippen molar-refractivity contribution in [2.24, 2.45) is 5.41 Å². The van der Waals surface area contributed by atoms with Gasteiger partial charge in [-0.2, -0.15) is 0 Å². The fraction of sp³-hybridized carbons (Fsp3) is 0.292. The molecule has 170 valence electrons. The Hall–Kier alpha value is -3.88. The number of benzene rings is 1. The number of aryl methyl sites for hydroxylation is 1. The molecule has 0 aliphatic carbocycles. The molecule has 0 aliphatic heterocycles. The summed E-state index contributed by atoms with van der Waals surface area (Å²) in [4.78, 5) is 30.3. The van der Waals surface area contributed by atoms with Gasteiger partial charge in [0.1, 0.15) is 5.82 Å². The van der Waals surface area contributed by atoms with Crippen molar-refractivity contribution in [2.45, 2.75) is 27.7 Å². The van der Waals surface area contributed by atoms with Crippen LogP contribution in [0.25, 0.3) is 28.3 Å². The molecular weight excluding hydrogens is 423 g/mol. The number of halogens is 1. The molecule has 33 heavy (non-hydrogen) atoms. The van der Waals surface area contributed by atoms with E-state index in [2.05, 4.69) is 20.3 Å². The normalized spacial score (nSPS) is 11.5. The summed E-state index contributed by atoms with van der Waals surface area (Å²) < 4.78 is 20.6. The first-order chi connectivity index (χ1) is 15.8. The summed E-state index contributed by atoms with van der Waals surface area (Å²) in [5.41, 5.74) is 3.46. The zero-order valence-corrected chi connectivity index (χ0v) is 19.0. The summed E-state index contributed by atoms with van der Waals surface area (Å²) in [6.07, 6.45) is 5.16. The lowest BCUT2D eigenvalue weighted by atomic mass is 9.94. The maximum atomic E-state index is 13.5. The Morgan fingerprint density at radius 2 is 1.88 bits per heavy atom. The van der Waals surface area contributed by atoms with Crippen LogP contribution in [0.2, 0.25) is 0 Å². The van der Waals surface area contributed by atoms with Gasteiger partial charge in [0.15, 0.2) is 5.65 Å². The number of carbonyl (C=O) groups is 1. The van der Waals surface area contributed by atoms with Crippen molar-refractivity contribution < 1.29 is 13.9 Å². The van der Waals surface area contributed by atoms with E-state index in [1.807, 2.05) is 17.5 Å². The number of carbonyl (C=O) groups excluding carboxylic acids is 1. The highest BCUT2D eigenvalue weighted by molar-refractivity contribution is 5.81. The van der Waals surface area contributed by atoms with E-state index in [4.69, 9.17) is 9.72 Å². The first kappa shape index (κ1) is 22.3. The summed E-state index contributed by atoms with van der Waals surface area (Å²) in [6, 6.07) is 7.96. The average Bonchev–Trinajstić information content (AvgIpc) is 3.19. The van der Waals surface area contributed by atoms with Gasteiger partial charge in [0, 0.05) is 30.7 Å². The van der Waals surface area contributed by atoms with Crippen molar-refractivity contribution in [1.29, 1.82) is 0 Å². The first-order valence-corrected chi connectivity index (χ1v) is 10.6. The number of ether oxygens (including phenoxy) is 1. The second-order valence-corrected chi connectivity index (χ2v) is 8.25. The Labute approximate surface area is 190 Å². The number of hydrogen-bond acceptors (Lipinski definition) is 7. The van der Waals surface area contributed by atoms with Crippen LogP contribution in [-0.2, 0) is 9.53 Å². The molecule has 1 aromatic carbocycles. The largest absolute Gasteiger partial charge is 0.466 e. The number of imidazole rings is 1. The molecule has 3 heterocycles. The van der Waals surface area contributed by atoms with Crippen LogP contribution in [0.15, 0.2) is 48.9 Å². The van der Waals surface area contributed by atoms with Gasteiger partial charge < -0.3 is 10.1 Å². The fourth-order valence-electron chi connectivity index (χ4n) is 3.43. The van der Waals surface area contributed by atoms with E-state index in [9.17, 15) is 9.18 Å². The number of rotatable bonds is 7. The number of esters is 1. The van der Waals surface area contributed by atoms with Crippen molar-refractivity contribution in [1.82, 2.24) is 24.3 Å². The smallest absolute Gasteiger partial charge is 0.313 e. The third-order valence-corrected chi connectivity index (χ3v) is 5.25. The average molecular weight is 449 g/mol. The van der Waals surface area contributed by atoms with Crippen LogP contribution < -0.4 is 5.32 Å². The zero-order chi connectivity index (χ0) is 23.6. The van der Waals surface area contributed by atoms with E-state index in [1.165, 1.54) is 12.1 Å². The van der Waals surface area contributed by atoms with Crippen molar-refractivity contribution in [3.8, 4) is 22.6 Å². The SMILES string of the molecule is CCOC(=O)C(C)(C)CNc1nccc(-c2c(-c3ccc(F)cc3)nc3c(C)nccn23)n1. The van der Waals surface area contributed by atoms with Crippen LogP contribution in [0.1, 0.15) is 26.5 Å². The van der Waals surface area contributed by atoms with Crippen LogP contribution in [0, 0.1) is 18.2 Å². The first-order valence-electron chi connectivity index (χ1n) is 10.6. The number of aromatic nitrogens is 5. The topological polar surface area (TPSA) is 94.3 Å². The molecule has 1 N–H and O–H groups in total. The molecule has 0 saturated carbocycles. The lowest BCUT2D eigenvalue weighted by Crippen LogP contribution is -2.34. The van der Waals surface area contributed by atoms with Crippen molar-refractivity contribution in [3.63, 3.8) is 0 Å². The summed E-state index contributed by atoms with van der Waals surface area (Å²) in [5, 5.41) is 3.14. The lowest BCUT2D eigenvalue weighted by Gasteiger charge is -2.22. The van der Waals surface area contributed by atoms with Gasteiger partial charge in [-0.15, -0.1) is 0 Å². The molecule has 0 atom stereocenters. The highest BCUT2D eigenvalue weighted by Crippen LogP contribution is 2.32. The number of anilines is 1. The third-order valence-electron chi connectivity index (χ3n) is 5.25. The molecule has 0 bridgehead atoms. The predicted molar refractivity (Wildman–Crippen MR) is 123 cm³/mol. The Bertz CT molecular complexity index is 1300. The van der Waals surface area contributed by atoms with E-state index in [1.54, 1.807) is 51.4 Å². The van der Waals surface area contributed by atoms with E-state index >= 15 is 0 Å². The number of hydrogen-bond donors (Lipinski definition) is 1. The second kappa shape index (κ2) is 8.93. The third kappa shape index (κ3) is 4.52. The Kier molecular flexibility index (Phi) is 6.04. The Morgan fingerprint density at radius 1 is 1.12 bits per heavy atom. The summed E-state index contributed by atoms with van der Waals surface area (Å²) in [5.74, 6) is -0.243. The fourth-order valence-corrected chi connectivity index (χ4v) is 3.43. The molecule has 0 amide bonds. The van der Waals surface area contributed by atoms with Crippen LogP contribution in [-0.4, -0.2) is 43.5 Å². The van der Waals surface area contributed by atoms with Crippen molar-refractivity contribution >= 4 is 17.6 Å². The van der Waals surface area contributed by atoms with Gasteiger partial charge in [-0.25, -0.2) is 19.3 Å².